The Balaban J connectivity index is 1.69. The molecule has 2 bridgehead atoms. The van der Waals surface area contributed by atoms with E-state index in [1.165, 1.54) is 25.7 Å². The summed E-state index contributed by atoms with van der Waals surface area (Å²) in [5, 5.41) is 10.4. The Labute approximate surface area is 109 Å². The molecular formula is C16H23NO. The Hall–Kier alpha value is -0.890. The number of aromatic nitrogens is 1. The molecule has 1 aromatic rings. The molecule has 2 nitrogen and oxygen atoms in total. The summed E-state index contributed by atoms with van der Waals surface area (Å²) in [5.41, 5.74) is 3.05. The minimum Gasteiger partial charge on any atom is -0.388 e. The maximum atomic E-state index is 10.4. The third-order valence-electron chi connectivity index (χ3n) is 5.04. The zero-order chi connectivity index (χ0) is 12.7. The van der Waals surface area contributed by atoms with Gasteiger partial charge in [-0.25, -0.2) is 0 Å². The first kappa shape index (κ1) is 12.2. The Kier molecular flexibility index (Phi) is 3.14. The van der Waals surface area contributed by atoms with Crippen LogP contribution >= 0.6 is 0 Å². The minimum atomic E-state index is -0.317. The topological polar surface area (TPSA) is 33.1 Å². The molecule has 2 saturated carbocycles. The SMILES string of the molecule is Cc1ccc(C(O)CC2CC3CCC2C3)c(C)n1. The van der Waals surface area contributed by atoms with E-state index in [1.807, 2.05) is 19.9 Å². The normalized spacial score (nSPS) is 31.8. The van der Waals surface area contributed by atoms with Gasteiger partial charge < -0.3 is 5.11 Å². The van der Waals surface area contributed by atoms with E-state index in [4.69, 9.17) is 0 Å². The van der Waals surface area contributed by atoms with Gasteiger partial charge >= 0.3 is 0 Å². The number of aliphatic hydroxyl groups is 1. The molecule has 1 N–H and O–H groups in total. The largest absolute Gasteiger partial charge is 0.388 e. The van der Waals surface area contributed by atoms with Gasteiger partial charge in [0.15, 0.2) is 0 Å². The molecule has 4 unspecified atom stereocenters. The standard InChI is InChI=1S/C16H23NO/c1-10-3-6-15(11(2)17-10)16(18)9-14-8-12-4-5-13(14)7-12/h3,6,12-14,16,18H,4-5,7-9H2,1-2H3. The first-order chi connectivity index (χ1) is 8.63. The van der Waals surface area contributed by atoms with Crippen LogP contribution < -0.4 is 0 Å². The van der Waals surface area contributed by atoms with Gasteiger partial charge in [0.2, 0.25) is 0 Å². The van der Waals surface area contributed by atoms with E-state index in [9.17, 15) is 5.11 Å². The van der Waals surface area contributed by atoms with Gasteiger partial charge in [-0.15, -0.1) is 0 Å². The molecule has 0 aliphatic heterocycles. The Bertz CT molecular complexity index is 443. The van der Waals surface area contributed by atoms with Gasteiger partial charge in [0, 0.05) is 17.0 Å². The van der Waals surface area contributed by atoms with Crippen molar-refractivity contribution < 1.29 is 5.11 Å². The maximum absolute atomic E-state index is 10.4. The average molecular weight is 245 g/mol. The molecule has 2 aliphatic rings. The van der Waals surface area contributed by atoms with Gasteiger partial charge in [0.05, 0.1) is 6.10 Å². The highest BCUT2D eigenvalue weighted by molar-refractivity contribution is 5.24. The van der Waals surface area contributed by atoms with Crippen LogP contribution in [-0.4, -0.2) is 10.1 Å². The molecule has 1 heterocycles. The van der Waals surface area contributed by atoms with Gasteiger partial charge in [-0.2, -0.15) is 0 Å². The number of aryl methyl sites for hydroxylation is 2. The second-order valence-electron chi connectivity index (χ2n) is 6.31. The van der Waals surface area contributed by atoms with E-state index in [0.29, 0.717) is 0 Å². The first-order valence-electron chi connectivity index (χ1n) is 7.25. The van der Waals surface area contributed by atoms with Gasteiger partial charge in [0.1, 0.15) is 0 Å². The number of rotatable bonds is 3. The van der Waals surface area contributed by atoms with E-state index in [2.05, 4.69) is 11.1 Å². The fraction of sp³-hybridized carbons (Fsp3) is 0.688. The highest BCUT2D eigenvalue weighted by Gasteiger charge is 2.40. The monoisotopic (exact) mass is 245 g/mol. The molecule has 3 rings (SSSR count). The first-order valence-corrected chi connectivity index (χ1v) is 7.25. The fourth-order valence-corrected chi connectivity index (χ4v) is 4.13. The highest BCUT2D eigenvalue weighted by atomic mass is 16.3. The van der Waals surface area contributed by atoms with E-state index < -0.39 is 0 Å². The van der Waals surface area contributed by atoms with Crippen molar-refractivity contribution in [2.75, 3.05) is 0 Å². The second-order valence-corrected chi connectivity index (χ2v) is 6.31. The predicted octanol–water partition coefficient (Wildman–Crippen LogP) is 3.56. The number of fused-ring (bicyclic) bond motifs is 2. The van der Waals surface area contributed by atoms with Crippen LogP contribution in [0, 0.1) is 31.6 Å². The average Bonchev–Trinajstić information content (AvgIpc) is 2.90. The molecule has 98 valence electrons. The number of aliphatic hydroxyl groups excluding tert-OH is 1. The second kappa shape index (κ2) is 4.65. The maximum Gasteiger partial charge on any atom is 0.0810 e. The van der Waals surface area contributed by atoms with Gasteiger partial charge in [-0.3, -0.25) is 4.98 Å². The third-order valence-corrected chi connectivity index (χ3v) is 5.04. The molecule has 2 aliphatic carbocycles. The zero-order valence-electron chi connectivity index (χ0n) is 11.4. The van der Waals surface area contributed by atoms with Crippen LogP contribution in [-0.2, 0) is 0 Å². The van der Waals surface area contributed by atoms with Crippen molar-refractivity contribution >= 4 is 0 Å². The third kappa shape index (κ3) is 2.18. The smallest absolute Gasteiger partial charge is 0.0810 e. The lowest BCUT2D eigenvalue weighted by molar-refractivity contribution is 0.124. The Morgan fingerprint density at radius 2 is 2.11 bits per heavy atom. The minimum absolute atomic E-state index is 0.317. The number of nitrogens with zero attached hydrogens (tertiary/aromatic N) is 1. The van der Waals surface area contributed by atoms with Crippen LogP contribution in [0.15, 0.2) is 12.1 Å². The molecule has 0 saturated heterocycles. The molecule has 0 aromatic carbocycles. The van der Waals surface area contributed by atoms with E-state index in [0.717, 1.165) is 41.1 Å². The van der Waals surface area contributed by atoms with Crippen molar-refractivity contribution in [2.24, 2.45) is 17.8 Å². The fourth-order valence-electron chi connectivity index (χ4n) is 4.13. The van der Waals surface area contributed by atoms with E-state index >= 15 is 0 Å². The molecule has 2 heteroatoms. The lowest BCUT2D eigenvalue weighted by Gasteiger charge is -2.24. The number of hydrogen-bond acceptors (Lipinski definition) is 2. The van der Waals surface area contributed by atoms with Crippen molar-refractivity contribution in [1.82, 2.24) is 4.98 Å². The molecule has 18 heavy (non-hydrogen) atoms. The van der Waals surface area contributed by atoms with Crippen LogP contribution in [0.25, 0.3) is 0 Å². The van der Waals surface area contributed by atoms with Crippen LogP contribution in [0.2, 0.25) is 0 Å². The van der Waals surface area contributed by atoms with Gasteiger partial charge in [-0.1, -0.05) is 12.5 Å². The van der Waals surface area contributed by atoms with Crippen LogP contribution in [0.5, 0.6) is 0 Å². The van der Waals surface area contributed by atoms with Crippen molar-refractivity contribution in [3.05, 3.63) is 29.1 Å². The lowest BCUT2D eigenvalue weighted by Crippen LogP contribution is -2.15. The molecule has 1 aromatic heterocycles. The van der Waals surface area contributed by atoms with E-state index in [1.54, 1.807) is 0 Å². The van der Waals surface area contributed by atoms with Crippen LogP contribution in [0.1, 0.15) is 55.2 Å². The van der Waals surface area contributed by atoms with Gasteiger partial charge in [0.25, 0.3) is 0 Å². The number of hydrogen-bond donors (Lipinski definition) is 1. The zero-order valence-corrected chi connectivity index (χ0v) is 11.4. The molecule has 0 amide bonds. The van der Waals surface area contributed by atoms with E-state index in [-0.39, 0.29) is 6.10 Å². The molecule has 0 radical (unpaired) electrons. The summed E-state index contributed by atoms with van der Waals surface area (Å²) in [5.74, 6) is 2.60. The number of pyridine rings is 1. The van der Waals surface area contributed by atoms with Gasteiger partial charge in [-0.05, 0) is 63.4 Å². The van der Waals surface area contributed by atoms with Crippen LogP contribution in [0.4, 0.5) is 0 Å². The Morgan fingerprint density at radius 1 is 1.28 bits per heavy atom. The summed E-state index contributed by atoms with van der Waals surface area (Å²) in [6.07, 6.45) is 6.22. The Morgan fingerprint density at radius 3 is 2.72 bits per heavy atom. The van der Waals surface area contributed by atoms with Crippen molar-refractivity contribution in [3.8, 4) is 0 Å². The molecule has 2 fully saturated rings. The summed E-state index contributed by atoms with van der Waals surface area (Å²) in [6.45, 7) is 4.01. The quantitative estimate of drug-likeness (QED) is 0.883. The van der Waals surface area contributed by atoms with Crippen molar-refractivity contribution in [3.63, 3.8) is 0 Å². The van der Waals surface area contributed by atoms with Crippen molar-refractivity contribution in [1.29, 1.82) is 0 Å². The highest BCUT2D eigenvalue weighted by Crippen LogP contribution is 2.50. The summed E-state index contributed by atoms with van der Waals surface area (Å²) < 4.78 is 0. The lowest BCUT2D eigenvalue weighted by atomic mass is 9.83. The molecule has 0 spiro atoms. The predicted molar refractivity (Wildman–Crippen MR) is 72.2 cm³/mol. The molecular weight excluding hydrogens is 222 g/mol. The summed E-state index contributed by atoms with van der Waals surface area (Å²) in [7, 11) is 0. The van der Waals surface area contributed by atoms with Crippen molar-refractivity contribution in [2.45, 2.75) is 52.1 Å². The molecule has 4 atom stereocenters. The summed E-state index contributed by atoms with van der Waals surface area (Å²) >= 11 is 0. The summed E-state index contributed by atoms with van der Waals surface area (Å²) in [4.78, 5) is 4.46. The van der Waals surface area contributed by atoms with Crippen LogP contribution in [0.3, 0.4) is 0 Å². The summed E-state index contributed by atoms with van der Waals surface area (Å²) in [6, 6.07) is 4.06.